The zero-order valence-electron chi connectivity index (χ0n) is 13.0. The lowest BCUT2D eigenvalue weighted by molar-refractivity contribution is 0.244. The standard InChI is InChI=1S/C17H18FN3O2/c1-11-7-12(2)21(20-11)17-6-3-13(8-16(17)18)19-9-14-4-5-15(10-22)23-14/h3-8,19,22H,9-10H2,1-2H3. The SMILES string of the molecule is Cc1cc(C)n(-c2ccc(NCc3ccc(CO)o3)cc2F)n1. The average molecular weight is 315 g/mol. The van der Waals surface area contributed by atoms with Gasteiger partial charge < -0.3 is 14.8 Å². The molecule has 0 aliphatic carbocycles. The average Bonchev–Trinajstić information content (AvgIpc) is 3.11. The summed E-state index contributed by atoms with van der Waals surface area (Å²) in [6.07, 6.45) is 0. The lowest BCUT2D eigenvalue weighted by Crippen LogP contribution is -2.04. The first-order chi connectivity index (χ1) is 11.1. The van der Waals surface area contributed by atoms with Crippen LogP contribution < -0.4 is 5.32 Å². The second kappa shape index (κ2) is 6.26. The largest absolute Gasteiger partial charge is 0.462 e. The van der Waals surface area contributed by atoms with Crippen molar-refractivity contribution in [2.75, 3.05) is 5.32 Å². The third-order valence-corrected chi connectivity index (χ3v) is 3.53. The summed E-state index contributed by atoms with van der Waals surface area (Å²) >= 11 is 0. The topological polar surface area (TPSA) is 63.2 Å². The maximum absolute atomic E-state index is 14.4. The van der Waals surface area contributed by atoms with Gasteiger partial charge in [-0.15, -0.1) is 0 Å². The van der Waals surface area contributed by atoms with Crippen LogP contribution >= 0.6 is 0 Å². The quantitative estimate of drug-likeness (QED) is 0.758. The van der Waals surface area contributed by atoms with Crippen molar-refractivity contribution < 1.29 is 13.9 Å². The first-order valence-electron chi connectivity index (χ1n) is 7.32. The summed E-state index contributed by atoms with van der Waals surface area (Å²) in [7, 11) is 0. The Hall–Kier alpha value is -2.60. The highest BCUT2D eigenvalue weighted by molar-refractivity contribution is 5.50. The van der Waals surface area contributed by atoms with Crippen LogP contribution in [0.25, 0.3) is 5.69 Å². The molecule has 2 heterocycles. The zero-order chi connectivity index (χ0) is 16.4. The molecule has 3 rings (SSSR count). The van der Waals surface area contributed by atoms with Gasteiger partial charge in [0.15, 0.2) is 5.82 Å². The van der Waals surface area contributed by atoms with Gasteiger partial charge in [-0.25, -0.2) is 9.07 Å². The van der Waals surface area contributed by atoms with Gasteiger partial charge >= 0.3 is 0 Å². The van der Waals surface area contributed by atoms with Crippen LogP contribution in [0, 0.1) is 19.7 Å². The number of nitrogens with zero attached hydrogens (tertiary/aromatic N) is 2. The molecule has 23 heavy (non-hydrogen) atoms. The third kappa shape index (κ3) is 3.27. The molecule has 0 saturated heterocycles. The number of aryl methyl sites for hydroxylation is 2. The van der Waals surface area contributed by atoms with Gasteiger partial charge in [-0.05, 0) is 50.2 Å². The molecule has 0 radical (unpaired) electrons. The number of hydrogen-bond acceptors (Lipinski definition) is 4. The summed E-state index contributed by atoms with van der Waals surface area (Å²) in [6.45, 7) is 4.05. The Morgan fingerprint density at radius 3 is 2.57 bits per heavy atom. The Labute approximate surface area is 133 Å². The van der Waals surface area contributed by atoms with Crippen molar-refractivity contribution in [1.82, 2.24) is 9.78 Å². The van der Waals surface area contributed by atoms with Gasteiger partial charge in [0.25, 0.3) is 0 Å². The fourth-order valence-electron chi connectivity index (χ4n) is 2.45. The van der Waals surface area contributed by atoms with E-state index in [2.05, 4.69) is 10.4 Å². The predicted molar refractivity (Wildman–Crippen MR) is 85.0 cm³/mol. The molecule has 0 atom stereocenters. The molecule has 0 spiro atoms. The molecule has 1 aromatic carbocycles. The van der Waals surface area contributed by atoms with Gasteiger partial charge in [0.2, 0.25) is 0 Å². The van der Waals surface area contributed by atoms with Gasteiger partial charge in [0, 0.05) is 11.4 Å². The highest BCUT2D eigenvalue weighted by Gasteiger charge is 2.10. The molecule has 0 bridgehead atoms. The molecule has 0 fully saturated rings. The molecule has 120 valence electrons. The highest BCUT2D eigenvalue weighted by atomic mass is 19.1. The Bertz CT molecular complexity index is 823. The summed E-state index contributed by atoms with van der Waals surface area (Å²) in [6, 6.07) is 10.3. The zero-order valence-corrected chi connectivity index (χ0v) is 13.0. The van der Waals surface area contributed by atoms with E-state index in [0.717, 1.165) is 11.4 Å². The summed E-state index contributed by atoms with van der Waals surface area (Å²) < 4.78 is 21.3. The maximum Gasteiger partial charge on any atom is 0.150 e. The number of furan rings is 1. The van der Waals surface area contributed by atoms with Crippen LogP contribution in [-0.2, 0) is 13.2 Å². The number of hydrogen-bond donors (Lipinski definition) is 2. The van der Waals surface area contributed by atoms with Gasteiger partial charge in [-0.3, -0.25) is 0 Å². The Kier molecular flexibility index (Phi) is 4.16. The minimum Gasteiger partial charge on any atom is -0.462 e. The van der Waals surface area contributed by atoms with E-state index < -0.39 is 0 Å². The van der Waals surface area contributed by atoms with Crippen molar-refractivity contribution in [2.24, 2.45) is 0 Å². The van der Waals surface area contributed by atoms with Crippen LogP contribution in [0.5, 0.6) is 0 Å². The first-order valence-corrected chi connectivity index (χ1v) is 7.32. The molecule has 0 saturated carbocycles. The van der Waals surface area contributed by atoms with Crippen molar-refractivity contribution in [3.8, 4) is 5.69 Å². The van der Waals surface area contributed by atoms with Gasteiger partial charge in [-0.1, -0.05) is 0 Å². The van der Waals surface area contributed by atoms with Crippen molar-refractivity contribution in [3.63, 3.8) is 0 Å². The van der Waals surface area contributed by atoms with E-state index in [-0.39, 0.29) is 12.4 Å². The van der Waals surface area contributed by atoms with E-state index in [0.29, 0.717) is 29.4 Å². The van der Waals surface area contributed by atoms with Crippen LogP contribution in [0.3, 0.4) is 0 Å². The van der Waals surface area contributed by atoms with Crippen molar-refractivity contribution >= 4 is 5.69 Å². The number of aromatic nitrogens is 2. The smallest absolute Gasteiger partial charge is 0.150 e. The van der Waals surface area contributed by atoms with Crippen LogP contribution in [-0.4, -0.2) is 14.9 Å². The molecular weight excluding hydrogens is 297 g/mol. The van der Waals surface area contributed by atoms with Gasteiger partial charge in [-0.2, -0.15) is 5.10 Å². The second-order valence-electron chi connectivity index (χ2n) is 5.38. The van der Waals surface area contributed by atoms with Crippen LogP contribution in [0.15, 0.2) is 40.8 Å². The second-order valence-corrected chi connectivity index (χ2v) is 5.38. The van der Waals surface area contributed by atoms with E-state index in [1.807, 2.05) is 19.9 Å². The highest BCUT2D eigenvalue weighted by Crippen LogP contribution is 2.20. The van der Waals surface area contributed by atoms with Crippen LogP contribution in [0.4, 0.5) is 10.1 Å². The molecule has 0 unspecified atom stereocenters. The number of halogens is 1. The van der Waals surface area contributed by atoms with Crippen molar-refractivity contribution in [3.05, 3.63) is 65.1 Å². The maximum atomic E-state index is 14.4. The Balaban J connectivity index is 1.75. The van der Waals surface area contributed by atoms with Gasteiger partial charge in [0.1, 0.15) is 23.8 Å². The van der Waals surface area contributed by atoms with E-state index >= 15 is 0 Å². The molecule has 5 nitrogen and oxygen atoms in total. The van der Waals surface area contributed by atoms with Crippen LogP contribution in [0.1, 0.15) is 22.9 Å². The molecular formula is C17H18FN3O2. The van der Waals surface area contributed by atoms with Crippen LogP contribution in [0.2, 0.25) is 0 Å². The molecule has 0 aliphatic rings. The number of aliphatic hydroxyl groups excluding tert-OH is 1. The number of benzene rings is 1. The van der Waals surface area contributed by atoms with Gasteiger partial charge in [0.05, 0.1) is 12.2 Å². The fourth-order valence-corrected chi connectivity index (χ4v) is 2.45. The molecule has 2 N–H and O–H groups in total. The normalized spacial score (nSPS) is 11.0. The number of rotatable bonds is 5. The number of nitrogens with one attached hydrogen (secondary N) is 1. The molecule has 6 heteroatoms. The molecule has 3 aromatic rings. The Morgan fingerprint density at radius 2 is 1.96 bits per heavy atom. The summed E-state index contributed by atoms with van der Waals surface area (Å²) in [5, 5.41) is 16.4. The lowest BCUT2D eigenvalue weighted by Gasteiger charge is -2.09. The van der Waals surface area contributed by atoms with E-state index in [1.54, 1.807) is 28.9 Å². The lowest BCUT2D eigenvalue weighted by atomic mass is 10.2. The fraction of sp³-hybridized carbons (Fsp3) is 0.235. The first kappa shape index (κ1) is 15.3. The number of anilines is 1. The van der Waals surface area contributed by atoms with E-state index in [9.17, 15) is 4.39 Å². The Morgan fingerprint density at radius 1 is 1.17 bits per heavy atom. The minimum atomic E-state index is -0.350. The summed E-state index contributed by atoms with van der Waals surface area (Å²) in [5.74, 6) is 0.835. The third-order valence-electron chi connectivity index (χ3n) is 3.53. The molecule has 2 aromatic heterocycles. The van der Waals surface area contributed by atoms with Crippen molar-refractivity contribution in [1.29, 1.82) is 0 Å². The van der Waals surface area contributed by atoms with E-state index in [1.165, 1.54) is 6.07 Å². The predicted octanol–water partition coefficient (Wildman–Crippen LogP) is 3.33. The number of aliphatic hydroxyl groups is 1. The summed E-state index contributed by atoms with van der Waals surface area (Å²) in [4.78, 5) is 0. The molecule has 0 aliphatic heterocycles. The minimum absolute atomic E-state index is 0.133. The monoisotopic (exact) mass is 315 g/mol. The van der Waals surface area contributed by atoms with E-state index in [4.69, 9.17) is 9.52 Å². The summed E-state index contributed by atoms with van der Waals surface area (Å²) in [5.41, 5.74) is 2.80. The molecule has 0 amide bonds. The van der Waals surface area contributed by atoms with Crippen molar-refractivity contribution in [2.45, 2.75) is 27.0 Å².